The molecule has 116 valence electrons. The van der Waals surface area contributed by atoms with E-state index in [0.29, 0.717) is 11.8 Å². The first-order valence-electron chi connectivity index (χ1n) is 7.55. The molecule has 0 heterocycles. The number of hydrogen-bond donors (Lipinski definition) is 1. The van der Waals surface area contributed by atoms with Crippen LogP contribution in [0.2, 0.25) is 0 Å². The predicted octanol–water partition coefficient (Wildman–Crippen LogP) is 3.48. The second-order valence-corrected chi connectivity index (χ2v) is 5.87. The fourth-order valence-electron chi connectivity index (χ4n) is 2.34. The van der Waals surface area contributed by atoms with Crippen molar-refractivity contribution in [3.63, 3.8) is 0 Å². The Balaban J connectivity index is 4.57. The van der Waals surface area contributed by atoms with Gasteiger partial charge in [0.2, 0.25) is 0 Å². The van der Waals surface area contributed by atoms with Crippen molar-refractivity contribution in [3.05, 3.63) is 23.9 Å². The van der Waals surface area contributed by atoms with Crippen LogP contribution in [0.25, 0.3) is 0 Å². The first-order valence-corrected chi connectivity index (χ1v) is 7.55. The van der Waals surface area contributed by atoms with Crippen LogP contribution in [0.5, 0.6) is 0 Å². The van der Waals surface area contributed by atoms with Crippen molar-refractivity contribution in [1.82, 2.24) is 4.90 Å². The van der Waals surface area contributed by atoms with Crippen LogP contribution in [0.4, 0.5) is 0 Å². The van der Waals surface area contributed by atoms with Gasteiger partial charge in [-0.25, -0.2) is 0 Å². The van der Waals surface area contributed by atoms with E-state index in [1.54, 1.807) is 0 Å². The SMILES string of the molecule is C=CC(CC(C)CC(=NC)/C(C)=C(\C)N)CN(C)CC. The molecule has 0 aromatic rings. The number of aliphatic imine (C=N–C) groups is 1. The smallest absolute Gasteiger partial charge is 0.0393 e. The van der Waals surface area contributed by atoms with Gasteiger partial charge in [-0.2, -0.15) is 0 Å². The van der Waals surface area contributed by atoms with Gasteiger partial charge >= 0.3 is 0 Å². The molecule has 0 aromatic carbocycles. The molecule has 0 aliphatic heterocycles. The summed E-state index contributed by atoms with van der Waals surface area (Å²) in [6, 6.07) is 0. The van der Waals surface area contributed by atoms with Gasteiger partial charge in [0.1, 0.15) is 0 Å². The molecular formula is C17H33N3. The maximum Gasteiger partial charge on any atom is 0.0393 e. The lowest BCUT2D eigenvalue weighted by Crippen LogP contribution is -2.26. The molecule has 0 spiro atoms. The molecule has 0 aromatic heterocycles. The highest BCUT2D eigenvalue weighted by atomic mass is 15.1. The molecule has 0 saturated carbocycles. The average Bonchev–Trinajstić information content (AvgIpc) is 2.42. The van der Waals surface area contributed by atoms with E-state index in [-0.39, 0.29) is 0 Å². The molecule has 0 aliphatic carbocycles. The van der Waals surface area contributed by atoms with Gasteiger partial charge in [-0.15, -0.1) is 6.58 Å². The number of hydrogen-bond acceptors (Lipinski definition) is 3. The number of nitrogens with two attached hydrogens (primary N) is 1. The lowest BCUT2D eigenvalue weighted by molar-refractivity contribution is 0.290. The van der Waals surface area contributed by atoms with E-state index in [1.807, 2.05) is 14.0 Å². The second kappa shape index (κ2) is 9.76. The van der Waals surface area contributed by atoms with E-state index < -0.39 is 0 Å². The molecule has 2 atom stereocenters. The van der Waals surface area contributed by atoms with Crippen molar-refractivity contribution < 1.29 is 0 Å². The lowest BCUT2D eigenvalue weighted by atomic mass is 9.89. The average molecular weight is 279 g/mol. The topological polar surface area (TPSA) is 41.6 Å². The fourth-order valence-corrected chi connectivity index (χ4v) is 2.34. The van der Waals surface area contributed by atoms with E-state index in [2.05, 4.69) is 50.4 Å². The third kappa shape index (κ3) is 6.90. The maximum absolute atomic E-state index is 5.88. The molecule has 3 heteroatoms. The Bertz CT molecular complexity index is 351. The second-order valence-electron chi connectivity index (χ2n) is 5.87. The van der Waals surface area contributed by atoms with Gasteiger partial charge in [-0.3, -0.25) is 4.99 Å². The van der Waals surface area contributed by atoms with Gasteiger partial charge < -0.3 is 10.6 Å². The van der Waals surface area contributed by atoms with Crippen molar-refractivity contribution in [2.75, 3.05) is 27.2 Å². The molecule has 3 nitrogen and oxygen atoms in total. The molecule has 0 amide bonds. The van der Waals surface area contributed by atoms with E-state index in [1.165, 1.54) is 0 Å². The fraction of sp³-hybridized carbons (Fsp3) is 0.706. The highest BCUT2D eigenvalue weighted by molar-refractivity contribution is 6.00. The van der Waals surface area contributed by atoms with Crippen LogP contribution >= 0.6 is 0 Å². The van der Waals surface area contributed by atoms with Gasteiger partial charge in [-0.1, -0.05) is 19.9 Å². The molecular weight excluding hydrogens is 246 g/mol. The van der Waals surface area contributed by atoms with Crippen LogP contribution < -0.4 is 5.73 Å². The summed E-state index contributed by atoms with van der Waals surface area (Å²) < 4.78 is 0. The largest absolute Gasteiger partial charge is 0.402 e. The van der Waals surface area contributed by atoms with Crippen molar-refractivity contribution in [1.29, 1.82) is 0 Å². The zero-order valence-corrected chi connectivity index (χ0v) is 14.2. The normalized spacial score (nSPS) is 16.9. The monoisotopic (exact) mass is 279 g/mol. The molecule has 2 N–H and O–H groups in total. The van der Waals surface area contributed by atoms with Gasteiger partial charge in [0.05, 0.1) is 0 Å². The van der Waals surface area contributed by atoms with E-state index in [0.717, 1.165) is 42.9 Å². The molecule has 2 unspecified atom stereocenters. The highest BCUT2D eigenvalue weighted by Gasteiger charge is 2.15. The quantitative estimate of drug-likeness (QED) is 0.518. The Morgan fingerprint density at radius 1 is 1.40 bits per heavy atom. The molecule has 0 fully saturated rings. The van der Waals surface area contributed by atoms with Crippen LogP contribution in [0.1, 0.15) is 40.5 Å². The molecule has 0 radical (unpaired) electrons. The minimum Gasteiger partial charge on any atom is -0.402 e. The van der Waals surface area contributed by atoms with Gasteiger partial charge in [0.15, 0.2) is 0 Å². The summed E-state index contributed by atoms with van der Waals surface area (Å²) in [5.74, 6) is 1.12. The Hall–Kier alpha value is -1.09. The van der Waals surface area contributed by atoms with Crippen LogP contribution in [0.15, 0.2) is 28.9 Å². The molecule has 0 saturated heterocycles. The van der Waals surface area contributed by atoms with Crippen molar-refractivity contribution >= 4 is 5.71 Å². The molecule has 20 heavy (non-hydrogen) atoms. The maximum atomic E-state index is 5.88. The Kier molecular flexibility index (Phi) is 9.23. The van der Waals surface area contributed by atoms with Crippen LogP contribution in [0, 0.1) is 11.8 Å². The first-order chi connectivity index (χ1) is 9.35. The number of rotatable bonds is 9. The van der Waals surface area contributed by atoms with Gasteiger partial charge in [0, 0.05) is 25.0 Å². The summed E-state index contributed by atoms with van der Waals surface area (Å²) in [4.78, 5) is 6.74. The minimum atomic E-state index is 0.538. The summed E-state index contributed by atoms with van der Waals surface area (Å²) in [5.41, 5.74) is 8.99. The highest BCUT2D eigenvalue weighted by Crippen LogP contribution is 2.20. The van der Waals surface area contributed by atoms with Crippen molar-refractivity contribution in [2.24, 2.45) is 22.6 Å². The summed E-state index contributed by atoms with van der Waals surface area (Å²) in [6.07, 6.45) is 4.21. The molecule has 0 rings (SSSR count). The van der Waals surface area contributed by atoms with Gasteiger partial charge in [-0.05, 0) is 57.7 Å². The van der Waals surface area contributed by atoms with Gasteiger partial charge in [0.25, 0.3) is 0 Å². The summed E-state index contributed by atoms with van der Waals surface area (Å²) >= 11 is 0. The summed E-state index contributed by atoms with van der Waals surface area (Å²) in [6.45, 7) is 14.6. The van der Waals surface area contributed by atoms with Crippen molar-refractivity contribution in [2.45, 2.75) is 40.5 Å². The number of nitrogens with zero attached hydrogens (tertiary/aromatic N) is 2. The van der Waals surface area contributed by atoms with E-state index in [9.17, 15) is 0 Å². The van der Waals surface area contributed by atoms with Crippen LogP contribution in [0.3, 0.4) is 0 Å². The Morgan fingerprint density at radius 2 is 2.00 bits per heavy atom. The third-order valence-corrected chi connectivity index (χ3v) is 3.96. The molecule has 0 bridgehead atoms. The third-order valence-electron chi connectivity index (χ3n) is 3.96. The zero-order valence-electron chi connectivity index (χ0n) is 14.2. The van der Waals surface area contributed by atoms with Crippen LogP contribution in [-0.2, 0) is 0 Å². The summed E-state index contributed by atoms with van der Waals surface area (Å²) in [7, 11) is 4.01. The number of allylic oxidation sites excluding steroid dienone is 2. The standard InChI is InChI=1S/C17H33N3/c1-8-16(12-20(7)9-2)10-13(3)11-17(19-6)14(4)15(5)18/h8,13,16H,1,9-12,18H2,2-7H3/b15-14+,19-17?. The Labute approximate surface area is 125 Å². The summed E-state index contributed by atoms with van der Waals surface area (Å²) in [5, 5.41) is 0. The lowest BCUT2D eigenvalue weighted by Gasteiger charge is -2.23. The van der Waals surface area contributed by atoms with E-state index in [4.69, 9.17) is 5.73 Å². The van der Waals surface area contributed by atoms with Crippen molar-refractivity contribution in [3.8, 4) is 0 Å². The first kappa shape index (κ1) is 18.9. The zero-order chi connectivity index (χ0) is 15.7. The van der Waals surface area contributed by atoms with E-state index >= 15 is 0 Å². The Morgan fingerprint density at radius 3 is 2.40 bits per heavy atom. The van der Waals surface area contributed by atoms with Crippen LogP contribution in [-0.4, -0.2) is 37.8 Å². The molecule has 0 aliphatic rings. The minimum absolute atomic E-state index is 0.538. The predicted molar refractivity (Wildman–Crippen MR) is 91.2 cm³/mol.